The lowest BCUT2D eigenvalue weighted by Gasteiger charge is -2.05. The molecule has 0 amide bonds. The van der Waals surface area contributed by atoms with Gasteiger partial charge in [0.05, 0.1) is 11.1 Å². The molecule has 0 radical (unpaired) electrons. The van der Waals surface area contributed by atoms with Crippen molar-refractivity contribution in [2.45, 2.75) is 19.0 Å². The molecule has 24 heavy (non-hydrogen) atoms. The summed E-state index contributed by atoms with van der Waals surface area (Å²) in [5.41, 5.74) is 2.36. The highest BCUT2D eigenvalue weighted by atomic mass is 35.5. The Morgan fingerprint density at radius 3 is 2.62 bits per heavy atom. The van der Waals surface area contributed by atoms with Crippen molar-refractivity contribution < 1.29 is 4.79 Å². The zero-order valence-corrected chi connectivity index (χ0v) is 14.7. The quantitative estimate of drug-likeness (QED) is 0.438. The fraction of sp³-hybridized carbons (Fsp3) is 0.176. The summed E-state index contributed by atoms with van der Waals surface area (Å²) in [5, 5.41) is 1.44. The van der Waals surface area contributed by atoms with Crippen LogP contribution in [0.2, 0.25) is 5.02 Å². The van der Waals surface area contributed by atoms with Crippen LogP contribution in [-0.2, 0) is 0 Å². The number of hydrogen-bond acceptors (Lipinski definition) is 5. The molecule has 0 aliphatic rings. The number of carbonyl (C=O) groups is 1. The van der Waals surface area contributed by atoms with Crippen molar-refractivity contribution in [3.63, 3.8) is 0 Å². The fourth-order valence-corrected chi connectivity index (χ4v) is 3.26. The van der Waals surface area contributed by atoms with E-state index in [0.717, 1.165) is 11.3 Å². The van der Waals surface area contributed by atoms with E-state index < -0.39 is 0 Å². The van der Waals surface area contributed by atoms with Crippen LogP contribution in [0.1, 0.15) is 21.6 Å². The number of aryl methyl sites for hydroxylation is 2. The SMILES string of the molecule is Cc1cc(C)c2c(=O)[nH]c(SCC(=O)c3ccc(Cl)cc3)nc2n1. The summed E-state index contributed by atoms with van der Waals surface area (Å²) in [7, 11) is 0. The molecule has 3 aromatic rings. The van der Waals surface area contributed by atoms with E-state index in [4.69, 9.17) is 11.6 Å². The summed E-state index contributed by atoms with van der Waals surface area (Å²) >= 11 is 6.99. The van der Waals surface area contributed by atoms with E-state index in [1.165, 1.54) is 11.8 Å². The molecule has 0 spiro atoms. The summed E-state index contributed by atoms with van der Waals surface area (Å²) in [6, 6.07) is 8.54. The molecule has 5 nitrogen and oxygen atoms in total. The van der Waals surface area contributed by atoms with Gasteiger partial charge in [0.2, 0.25) is 0 Å². The molecule has 0 aliphatic carbocycles. The lowest BCUT2D eigenvalue weighted by Crippen LogP contribution is -2.13. The van der Waals surface area contributed by atoms with Crippen LogP contribution in [0.5, 0.6) is 0 Å². The predicted octanol–water partition coefficient (Wildman–Crippen LogP) is 3.56. The molecule has 2 heterocycles. The van der Waals surface area contributed by atoms with Crippen LogP contribution in [-0.4, -0.2) is 26.5 Å². The number of nitrogens with zero attached hydrogens (tertiary/aromatic N) is 2. The molecule has 2 aromatic heterocycles. The second kappa shape index (κ2) is 6.75. The highest BCUT2D eigenvalue weighted by molar-refractivity contribution is 7.99. The molecule has 1 N–H and O–H groups in total. The molecule has 0 saturated carbocycles. The maximum atomic E-state index is 12.2. The molecule has 0 unspecified atom stereocenters. The van der Waals surface area contributed by atoms with Crippen molar-refractivity contribution in [3.8, 4) is 0 Å². The first-order chi connectivity index (χ1) is 11.4. The van der Waals surface area contributed by atoms with Gasteiger partial charge in [0, 0.05) is 16.3 Å². The first-order valence-electron chi connectivity index (χ1n) is 7.24. The van der Waals surface area contributed by atoms with Crippen LogP contribution in [0.15, 0.2) is 40.3 Å². The second-order valence-electron chi connectivity index (χ2n) is 5.37. The standard InChI is InChI=1S/C17H14ClN3O2S/c1-9-7-10(2)19-15-14(9)16(23)21-17(20-15)24-8-13(22)11-3-5-12(18)6-4-11/h3-7H,8H2,1-2H3,(H,19,20,21,23). The number of Topliss-reactive ketones (excluding diaryl/α,β-unsaturated/α-hetero) is 1. The number of halogens is 1. The number of fused-ring (bicyclic) bond motifs is 1. The molecule has 0 fully saturated rings. The molecular weight excluding hydrogens is 346 g/mol. The van der Waals surface area contributed by atoms with E-state index >= 15 is 0 Å². The average molecular weight is 360 g/mol. The van der Waals surface area contributed by atoms with E-state index in [9.17, 15) is 9.59 Å². The topological polar surface area (TPSA) is 75.7 Å². The lowest BCUT2D eigenvalue weighted by atomic mass is 10.1. The van der Waals surface area contributed by atoms with Gasteiger partial charge < -0.3 is 4.98 Å². The van der Waals surface area contributed by atoms with Crippen molar-refractivity contribution in [3.05, 3.63) is 62.5 Å². The monoisotopic (exact) mass is 359 g/mol. The number of H-pyrrole nitrogens is 1. The minimum Gasteiger partial charge on any atom is -0.301 e. The number of nitrogens with one attached hydrogen (secondary N) is 1. The van der Waals surface area contributed by atoms with Crippen LogP contribution >= 0.6 is 23.4 Å². The summed E-state index contributed by atoms with van der Waals surface area (Å²) in [6.07, 6.45) is 0. The molecule has 122 valence electrons. The lowest BCUT2D eigenvalue weighted by molar-refractivity contribution is 0.102. The van der Waals surface area contributed by atoms with Crippen molar-refractivity contribution >= 4 is 40.2 Å². The number of aromatic amines is 1. The Kier molecular flexibility index (Phi) is 4.69. The summed E-state index contributed by atoms with van der Waals surface area (Å²) in [4.78, 5) is 35.8. The highest BCUT2D eigenvalue weighted by Gasteiger charge is 2.11. The van der Waals surface area contributed by atoms with E-state index in [-0.39, 0.29) is 17.1 Å². The van der Waals surface area contributed by atoms with Crippen molar-refractivity contribution in [2.75, 3.05) is 5.75 Å². The van der Waals surface area contributed by atoms with Crippen molar-refractivity contribution in [1.82, 2.24) is 15.0 Å². The number of pyridine rings is 1. The Bertz CT molecular complexity index is 984. The minimum absolute atomic E-state index is 0.0622. The largest absolute Gasteiger partial charge is 0.301 e. The predicted molar refractivity (Wildman–Crippen MR) is 96.1 cm³/mol. The Morgan fingerprint density at radius 2 is 1.92 bits per heavy atom. The Hall–Kier alpha value is -2.18. The van der Waals surface area contributed by atoms with Gasteiger partial charge in [-0.2, -0.15) is 0 Å². The van der Waals surface area contributed by atoms with E-state index in [1.54, 1.807) is 24.3 Å². The third-order valence-corrected chi connectivity index (χ3v) is 4.61. The number of ketones is 1. The fourth-order valence-electron chi connectivity index (χ4n) is 2.38. The minimum atomic E-state index is -0.244. The maximum Gasteiger partial charge on any atom is 0.261 e. The zero-order valence-electron chi connectivity index (χ0n) is 13.1. The summed E-state index contributed by atoms with van der Waals surface area (Å²) in [6.45, 7) is 3.71. The van der Waals surface area contributed by atoms with Crippen molar-refractivity contribution in [1.29, 1.82) is 0 Å². The van der Waals surface area contributed by atoms with E-state index in [0.29, 0.717) is 26.8 Å². The molecule has 7 heteroatoms. The van der Waals surface area contributed by atoms with Gasteiger partial charge in [-0.25, -0.2) is 9.97 Å². The first kappa shape index (κ1) is 16.7. The molecule has 0 saturated heterocycles. The highest BCUT2D eigenvalue weighted by Crippen LogP contribution is 2.18. The van der Waals surface area contributed by atoms with Crippen LogP contribution in [0.4, 0.5) is 0 Å². The van der Waals surface area contributed by atoms with Gasteiger partial charge in [-0.3, -0.25) is 9.59 Å². The van der Waals surface area contributed by atoms with Gasteiger partial charge in [0.1, 0.15) is 0 Å². The van der Waals surface area contributed by atoms with Gasteiger partial charge in [-0.15, -0.1) is 0 Å². The molecule has 0 aliphatic heterocycles. The maximum absolute atomic E-state index is 12.2. The smallest absolute Gasteiger partial charge is 0.261 e. The molecular formula is C17H14ClN3O2S. The van der Waals surface area contributed by atoms with Gasteiger partial charge >= 0.3 is 0 Å². The van der Waals surface area contributed by atoms with Gasteiger partial charge in [-0.1, -0.05) is 23.4 Å². The number of thioether (sulfide) groups is 1. The number of hydrogen-bond donors (Lipinski definition) is 1. The third kappa shape index (κ3) is 3.49. The number of rotatable bonds is 4. The normalized spacial score (nSPS) is 11.0. The van der Waals surface area contributed by atoms with Gasteiger partial charge in [0.25, 0.3) is 5.56 Å². The Labute approximate surface area is 147 Å². The molecule has 1 aromatic carbocycles. The zero-order chi connectivity index (χ0) is 17.3. The summed E-state index contributed by atoms with van der Waals surface area (Å²) < 4.78 is 0. The first-order valence-corrected chi connectivity index (χ1v) is 8.60. The summed E-state index contributed by atoms with van der Waals surface area (Å²) in [5.74, 6) is 0.105. The molecule has 3 rings (SSSR count). The number of benzene rings is 1. The number of carbonyl (C=O) groups excluding carboxylic acids is 1. The number of aromatic nitrogens is 3. The average Bonchev–Trinajstić information content (AvgIpc) is 2.52. The van der Waals surface area contributed by atoms with E-state index in [2.05, 4.69) is 15.0 Å². The van der Waals surface area contributed by atoms with Crippen LogP contribution < -0.4 is 5.56 Å². The van der Waals surface area contributed by atoms with Crippen LogP contribution in [0, 0.1) is 13.8 Å². The Balaban J connectivity index is 1.84. The van der Waals surface area contributed by atoms with Crippen LogP contribution in [0.25, 0.3) is 11.0 Å². The Morgan fingerprint density at radius 1 is 1.21 bits per heavy atom. The van der Waals surface area contributed by atoms with Gasteiger partial charge in [0.15, 0.2) is 16.6 Å². The molecule has 0 bridgehead atoms. The van der Waals surface area contributed by atoms with Crippen LogP contribution in [0.3, 0.4) is 0 Å². The van der Waals surface area contributed by atoms with Gasteiger partial charge in [-0.05, 0) is 49.7 Å². The van der Waals surface area contributed by atoms with Crippen molar-refractivity contribution in [2.24, 2.45) is 0 Å². The molecule has 0 atom stereocenters. The van der Waals surface area contributed by atoms with E-state index in [1.807, 2.05) is 19.9 Å². The second-order valence-corrected chi connectivity index (χ2v) is 6.77. The third-order valence-electron chi connectivity index (χ3n) is 3.49.